The van der Waals surface area contributed by atoms with E-state index in [1.54, 1.807) is 18.3 Å². The zero-order valence-electron chi connectivity index (χ0n) is 15.2. The Hall–Kier alpha value is -1.99. The Morgan fingerprint density at radius 1 is 1.29 bits per heavy atom. The summed E-state index contributed by atoms with van der Waals surface area (Å²) >= 11 is 13.1. The number of amides is 1. The zero-order valence-corrected chi connectivity index (χ0v) is 17.5. The van der Waals surface area contributed by atoms with E-state index in [2.05, 4.69) is 26.6 Å². The summed E-state index contributed by atoms with van der Waals surface area (Å²) in [6, 6.07) is 13.7. The van der Waals surface area contributed by atoms with Crippen LogP contribution in [-0.2, 0) is 13.0 Å². The van der Waals surface area contributed by atoms with Gasteiger partial charge in [-0.2, -0.15) is 0 Å². The second-order valence-corrected chi connectivity index (χ2v) is 8.63. The molecule has 7 heteroatoms. The molecular weight excluding hydrogens is 410 g/mol. The van der Waals surface area contributed by atoms with Gasteiger partial charge in [0.1, 0.15) is 4.64 Å². The fourth-order valence-electron chi connectivity index (χ4n) is 3.56. The van der Waals surface area contributed by atoms with Gasteiger partial charge in [-0.05, 0) is 53.3 Å². The molecule has 0 radical (unpaired) electrons. The SMILES string of the molecule is O=C(NCC(c1ccc(Cl)cc1)N1CCc2sccc2C1)c1ccc[nH]c1=S. The first-order chi connectivity index (χ1) is 13.6. The maximum Gasteiger partial charge on any atom is 0.254 e. The minimum absolute atomic E-state index is 0.0653. The number of benzene rings is 1. The molecule has 1 amide bonds. The van der Waals surface area contributed by atoms with Crippen molar-refractivity contribution in [2.75, 3.05) is 13.1 Å². The number of rotatable bonds is 5. The van der Waals surface area contributed by atoms with Crippen LogP contribution < -0.4 is 5.32 Å². The number of thiophene rings is 1. The van der Waals surface area contributed by atoms with Crippen molar-refractivity contribution in [2.24, 2.45) is 0 Å². The molecule has 1 aliphatic rings. The first-order valence-corrected chi connectivity index (χ1v) is 10.8. The lowest BCUT2D eigenvalue weighted by Gasteiger charge is -2.35. The zero-order chi connectivity index (χ0) is 19.5. The van der Waals surface area contributed by atoms with E-state index in [-0.39, 0.29) is 11.9 Å². The number of H-pyrrole nitrogens is 1. The van der Waals surface area contributed by atoms with Gasteiger partial charge in [0.05, 0.1) is 11.6 Å². The number of nitrogens with zero attached hydrogens (tertiary/aromatic N) is 1. The van der Waals surface area contributed by atoms with Crippen LogP contribution >= 0.6 is 35.2 Å². The Balaban J connectivity index is 1.55. The van der Waals surface area contributed by atoms with E-state index < -0.39 is 0 Å². The first-order valence-electron chi connectivity index (χ1n) is 9.12. The van der Waals surface area contributed by atoms with Gasteiger partial charge in [0, 0.05) is 35.7 Å². The summed E-state index contributed by atoms with van der Waals surface area (Å²) in [5.74, 6) is -0.158. The van der Waals surface area contributed by atoms with Gasteiger partial charge < -0.3 is 10.3 Å². The van der Waals surface area contributed by atoms with Crippen LogP contribution in [0.5, 0.6) is 0 Å². The normalized spacial score (nSPS) is 15.0. The molecule has 4 rings (SSSR count). The van der Waals surface area contributed by atoms with Gasteiger partial charge in [-0.1, -0.05) is 36.0 Å². The molecule has 0 spiro atoms. The average Bonchev–Trinajstić information content (AvgIpc) is 3.17. The van der Waals surface area contributed by atoms with Crippen molar-refractivity contribution in [3.05, 3.63) is 85.3 Å². The summed E-state index contributed by atoms with van der Waals surface area (Å²) in [6.07, 6.45) is 2.76. The van der Waals surface area contributed by atoms with E-state index in [1.165, 1.54) is 10.4 Å². The molecule has 0 bridgehead atoms. The van der Waals surface area contributed by atoms with Crippen molar-refractivity contribution in [2.45, 2.75) is 19.0 Å². The minimum atomic E-state index is -0.158. The second kappa shape index (κ2) is 8.57. The van der Waals surface area contributed by atoms with Crippen LogP contribution in [0.1, 0.15) is 32.4 Å². The number of aromatic amines is 1. The molecule has 2 aromatic heterocycles. The van der Waals surface area contributed by atoms with Crippen molar-refractivity contribution in [1.82, 2.24) is 15.2 Å². The Bertz CT molecular complexity index is 1030. The standard InChI is InChI=1S/C21H20ClN3OS2/c22-16-5-3-14(4-6-16)18(25-10-7-19-15(13-25)8-11-28-19)12-24-20(26)17-2-1-9-23-21(17)27/h1-6,8-9,11,18H,7,10,12-13H2,(H,23,27)(H,24,26). The summed E-state index contributed by atoms with van der Waals surface area (Å²) in [6.45, 7) is 2.35. The second-order valence-electron chi connectivity index (χ2n) is 6.78. The number of nitrogens with one attached hydrogen (secondary N) is 2. The average molecular weight is 430 g/mol. The van der Waals surface area contributed by atoms with Crippen LogP contribution in [0.25, 0.3) is 0 Å². The summed E-state index contributed by atoms with van der Waals surface area (Å²) in [4.78, 5) is 19.5. The number of carbonyl (C=O) groups excluding carboxylic acids is 1. The van der Waals surface area contributed by atoms with Gasteiger partial charge >= 0.3 is 0 Å². The number of aromatic nitrogens is 1. The topological polar surface area (TPSA) is 48.1 Å². The summed E-state index contributed by atoms with van der Waals surface area (Å²) < 4.78 is 0.448. The lowest BCUT2D eigenvalue weighted by Crippen LogP contribution is -2.40. The molecule has 0 fully saturated rings. The fraction of sp³-hybridized carbons (Fsp3) is 0.238. The third kappa shape index (κ3) is 4.20. The Labute approximate surface area is 178 Å². The largest absolute Gasteiger partial charge is 0.352 e. The van der Waals surface area contributed by atoms with E-state index in [1.807, 2.05) is 35.6 Å². The van der Waals surface area contributed by atoms with E-state index in [0.717, 1.165) is 25.1 Å². The van der Waals surface area contributed by atoms with Gasteiger partial charge in [-0.3, -0.25) is 9.69 Å². The predicted octanol–water partition coefficient (Wildman–Crippen LogP) is 4.99. The van der Waals surface area contributed by atoms with Gasteiger partial charge in [0.15, 0.2) is 0 Å². The maximum absolute atomic E-state index is 12.7. The number of hydrogen-bond donors (Lipinski definition) is 2. The molecule has 0 saturated heterocycles. The third-order valence-corrected chi connectivity index (χ3v) is 6.66. The van der Waals surface area contributed by atoms with Crippen LogP contribution in [0, 0.1) is 4.64 Å². The molecule has 2 N–H and O–H groups in total. The molecule has 3 heterocycles. The highest BCUT2D eigenvalue weighted by Gasteiger charge is 2.26. The molecule has 144 valence electrons. The predicted molar refractivity (Wildman–Crippen MR) is 117 cm³/mol. The van der Waals surface area contributed by atoms with Crippen molar-refractivity contribution >= 4 is 41.1 Å². The number of hydrogen-bond acceptors (Lipinski definition) is 4. The highest BCUT2D eigenvalue weighted by molar-refractivity contribution is 7.71. The van der Waals surface area contributed by atoms with Crippen LogP contribution in [0.2, 0.25) is 5.02 Å². The number of pyridine rings is 1. The molecule has 0 aliphatic carbocycles. The quantitative estimate of drug-likeness (QED) is 0.562. The molecule has 1 atom stereocenters. The summed E-state index contributed by atoms with van der Waals surface area (Å²) in [7, 11) is 0. The van der Waals surface area contributed by atoms with Gasteiger partial charge in [-0.25, -0.2) is 0 Å². The van der Waals surface area contributed by atoms with Crippen molar-refractivity contribution in [3.63, 3.8) is 0 Å². The Morgan fingerprint density at radius 3 is 2.89 bits per heavy atom. The lowest BCUT2D eigenvalue weighted by molar-refractivity contribution is 0.0927. The maximum atomic E-state index is 12.7. The smallest absolute Gasteiger partial charge is 0.254 e. The molecule has 0 saturated carbocycles. The fourth-order valence-corrected chi connectivity index (χ4v) is 4.81. The summed E-state index contributed by atoms with van der Waals surface area (Å²) in [5.41, 5.74) is 3.01. The molecule has 28 heavy (non-hydrogen) atoms. The van der Waals surface area contributed by atoms with Gasteiger partial charge in [-0.15, -0.1) is 11.3 Å². The third-order valence-electron chi connectivity index (χ3n) is 5.05. The number of carbonyl (C=O) groups is 1. The van der Waals surface area contributed by atoms with Crippen molar-refractivity contribution in [1.29, 1.82) is 0 Å². The highest BCUT2D eigenvalue weighted by atomic mass is 35.5. The molecule has 1 aliphatic heterocycles. The summed E-state index contributed by atoms with van der Waals surface area (Å²) in [5, 5.41) is 5.94. The van der Waals surface area contributed by atoms with Gasteiger partial charge in [0.25, 0.3) is 5.91 Å². The first kappa shape index (κ1) is 19.3. The molecule has 1 aromatic carbocycles. The van der Waals surface area contributed by atoms with Crippen LogP contribution in [0.4, 0.5) is 0 Å². The van der Waals surface area contributed by atoms with E-state index in [9.17, 15) is 4.79 Å². The van der Waals surface area contributed by atoms with Crippen LogP contribution in [0.3, 0.4) is 0 Å². The van der Waals surface area contributed by atoms with Crippen LogP contribution in [-0.4, -0.2) is 28.9 Å². The molecule has 4 nitrogen and oxygen atoms in total. The number of halogens is 1. The van der Waals surface area contributed by atoms with E-state index in [0.29, 0.717) is 21.8 Å². The van der Waals surface area contributed by atoms with Crippen molar-refractivity contribution in [3.8, 4) is 0 Å². The van der Waals surface area contributed by atoms with Gasteiger partial charge in [0.2, 0.25) is 0 Å². The molecule has 1 unspecified atom stereocenters. The minimum Gasteiger partial charge on any atom is -0.352 e. The number of fused-ring (bicyclic) bond motifs is 1. The molecular formula is C21H20ClN3OS2. The monoisotopic (exact) mass is 429 g/mol. The van der Waals surface area contributed by atoms with Crippen LogP contribution in [0.15, 0.2) is 54.0 Å². The molecule has 3 aromatic rings. The lowest BCUT2D eigenvalue weighted by atomic mass is 10.0. The van der Waals surface area contributed by atoms with Crippen molar-refractivity contribution < 1.29 is 4.79 Å². The Morgan fingerprint density at radius 2 is 2.11 bits per heavy atom. The van der Waals surface area contributed by atoms with E-state index in [4.69, 9.17) is 23.8 Å². The Kier molecular flexibility index (Phi) is 5.92. The highest BCUT2D eigenvalue weighted by Crippen LogP contribution is 2.30. The van der Waals surface area contributed by atoms with E-state index >= 15 is 0 Å².